The first kappa shape index (κ1) is 12.3. The van der Waals surface area contributed by atoms with Crippen LogP contribution >= 0.6 is 11.6 Å². The summed E-state index contributed by atoms with van der Waals surface area (Å²) < 4.78 is 0. The smallest absolute Gasteiger partial charge is 0.125 e. The molecule has 0 saturated carbocycles. The van der Waals surface area contributed by atoms with Crippen LogP contribution < -0.4 is 5.32 Å². The Morgan fingerprint density at radius 1 is 1.33 bits per heavy atom. The van der Waals surface area contributed by atoms with Gasteiger partial charge >= 0.3 is 0 Å². The van der Waals surface area contributed by atoms with Gasteiger partial charge in [0, 0.05) is 12.7 Å². The molecule has 1 heterocycles. The minimum absolute atomic E-state index is 0.681. The molecule has 1 N–H and O–H groups in total. The molecule has 1 aromatic rings. The maximum atomic E-state index is 5.74. The van der Waals surface area contributed by atoms with Gasteiger partial charge in [-0.1, -0.05) is 38.3 Å². The molecule has 3 heteroatoms. The van der Waals surface area contributed by atoms with Crippen molar-refractivity contribution in [3.63, 3.8) is 0 Å². The van der Waals surface area contributed by atoms with Crippen LogP contribution in [0.4, 0.5) is 5.82 Å². The Labute approximate surface area is 97.1 Å². The molecule has 1 aromatic heterocycles. The van der Waals surface area contributed by atoms with Gasteiger partial charge in [-0.05, 0) is 24.5 Å². The van der Waals surface area contributed by atoms with E-state index < -0.39 is 0 Å². The lowest BCUT2D eigenvalue weighted by atomic mass is 10.1. The van der Waals surface area contributed by atoms with Crippen molar-refractivity contribution in [2.45, 2.75) is 33.1 Å². The van der Waals surface area contributed by atoms with Gasteiger partial charge in [0.2, 0.25) is 0 Å². The maximum absolute atomic E-state index is 5.74. The predicted octanol–water partition coefficient (Wildman–Crippen LogP) is 3.97. The van der Waals surface area contributed by atoms with Gasteiger partial charge in [-0.2, -0.15) is 0 Å². The van der Waals surface area contributed by atoms with E-state index in [0.29, 0.717) is 5.02 Å². The Bertz CT molecular complexity index is 269. The molecule has 0 aliphatic carbocycles. The van der Waals surface area contributed by atoms with Crippen LogP contribution in [0, 0.1) is 5.92 Å². The van der Waals surface area contributed by atoms with Gasteiger partial charge in [-0.25, -0.2) is 4.98 Å². The Balaban J connectivity index is 2.12. The second kappa shape index (κ2) is 6.67. The minimum Gasteiger partial charge on any atom is -0.370 e. The highest BCUT2D eigenvalue weighted by Crippen LogP contribution is 2.10. The first-order valence-electron chi connectivity index (χ1n) is 5.54. The van der Waals surface area contributed by atoms with Crippen molar-refractivity contribution in [2.75, 3.05) is 11.9 Å². The fourth-order valence-corrected chi connectivity index (χ4v) is 1.49. The average molecular weight is 227 g/mol. The molecule has 0 atom stereocenters. The number of nitrogens with one attached hydrogen (secondary N) is 1. The van der Waals surface area contributed by atoms with Crippen molar-refractivity contribution in [2.24, 2.45) is 5.92 Å². The topological polar surface area (TPSA) is 24.9 Å². The lowest BCUT2D eigenvalue weighted by Gasteiger charge is -2.06. The molecule has 0 saturated heterocycles. The van der Waals surface area contributed by atoms with E-state index in [-0.39, 0.29) is 0 Å². The summed E-state index contributed by atoms with van der Waals surface area (Å²) in [5.74, 6) is 1.71. The van der Waals surface area contributed by atoms with Crippen molar-refractivity contribution in [3.05, 3.63) is 23.4 Å². The number of hydrogen-bond donors (Lipinski definition) is 1. The molecule has 0 bridgehead atoms. The molecule has 2 nitrogen and oxygen atoms in total. The lowest BCUT2D eigenvalue weighted by molar-refractivity contribution is 0.544. The fourth-order valence-electron chi connectivity index (χ4n) is 1.37. The van der Waals surface area contributed by atoms with Crippen LogP contribution in [0.1, 0.15) is 33.1 Å². The molecule has 0 fully saturated rings. The minimum atomic E-state index is 0.681. The van der Waals surface area contributed by atoms with Gasteiger partial charge < -0.3 is 5.32 Å². The van der Waals surface area contributed by atoms with E-state index in [1.807, 2.05) is 12.1 Å². The van der Waals surface area contributed by atoms with E-state index in [2.05, 4.69) is 24.1 Å². The fraction of sp³-hybridized carbons (Fsp3) is 0.583. The predicted molar refractivity (Wildman–Crippen MR) is 66.4 cm³/mol. The normalized spacial score (nSPS) is 10.7. The molecule has 0 aromatic carbocycles. The van der Waals surface area contributed by atoms with Crippen LogP contribution in [0.2, 0.25) is 5.02 Å². The number of rotatable bonds is 6. The van der Waals surface area contributed by atoms with Crippen molar-refractivity contribution < 1.29 is 0 Å². The van der Waals surface area contributed by atoms with Gasteiger partial charge in [0.25, 0.3) is 0 Å². The van der Waals surface area contributed by atoms with E-state index in [9.17, 15) is 0 Å². The van der Waals surface area contributed by atoms with Crippen LogP contribution in [-0.4, -0.2) is 11.5 Å². The van der Waals surface area contributed by atoms with Gasteiger partial charge in [-0.3, -0.25) is 0 Å². The molecular weight excluding hydrogens is 208 g/mol. The summed E-state index contributed by atoms with van der Waals surface area (Å²) in [6.45, 7) is 5.50. The highest BCUT2D eigenvalue weighted by Gasteiger charge is 1.95. The summed E-state index contributed by atoms with van der Waals surface area (Å²) in [6, 6.07) is 3.76. The summed E-state index contributed by atoms with van der Waals surface area (Å²) in [5, 5.41) is 3.96. The molecule has 0 unspecified atom stereocenters. The monoisotopic (exact) mass is 226 g/mol. The molecular formula is C12H19ClN2. The number of hydrogen-bond acceptors (Lipinski definition) is 2. The van der Waals surface area contributed by atoms with E-state index in [0.717, 1.165) is 18.3 Å². The number of nitrogens with zero attached hydrogens (tertiary/aromatic N) is 1. The second-order valence-corrected chi connectivity index (χ2v) is 4.61. The van der Waals surface area contributed by atoms with Crippen molar-refractivity contribution in [3.8, 4) is 0 Å². The highest BCUT2D eigenvalue weighted by molar-refractivity contribution is 6.30. The van der Waals surface area contributed by atoms with Crippen LogP contribution in [0.15, 0.2) is 18.3 Å². The zero-order valence-electron chi connectivity index (χ0n) is 9.46. The number of anilines is 1. The molecule has 0 spiro atoms. The molecule has 0 aliphatic heterocycles. The largest absolute Gasteiger partial charge is 0.370 e. The third-order valence-electron chi connectivity index (χ3n) is 2.24. The van der Waals surface area contributed by atoms with E-state index >= 15 is 0 Å². The summed E-state index contributed by atoms with van der Waals surface area (Å²) in [7, 11) is 0. The van der Waals surface area contributed by atoms with Gasteiger partial charge in [-0.15, -0.1) is 0 Å². The van der Waals surface area contributed by atoms with E-state index in [4.69, 9.17) is 11.6 Å². The molecule has 0 radical (unpaired) electrons. The number of pyridine rings is 1. The SMILES string of the molecule is CC(C)CCCCNc1ccc(Cl)cn1. The quantitative estimate of drug-likeness (QED) is 0.743. The van der Waals surface area contributed by atoms with Crippen molar-refractivity contribution in [1.29, 1.82) is 0 Å². The first-order valence-corrected chi connectivity index (χ1v) is 5.91. The number of halogens is 1. The number of unbranched alkanes of at least 4 members (excludes halogenated alkanes) is 1. The zero-order valence-corrected chi connectivity index (χ0v) is 10.2. The van der Waals surface area contributed by atoms with E-state index in [1.54, 1.807) is 6.20 Å². The number of aromatic nitrogens is 1. The third kappa shape index (κ3) is 5.63. The van der Waals surface area contributed by atoms with Gasteiger partial charge in [0.1, 0.15) is 5.82 Å². The summed E-state index contributed by atoms with van der Waals surface area (Å²) in [5.41, 5.74) is 0. The van der Waals surface area contributed by atoms with E-state index in [1.165, 1.54) is 19.3 Å². The molecule has 1 rings (SSSR count). The standard InChI is InChI=1S/C12H19ClN2/c1-10(2)5-3-4-8-14-12-7-6-11(13)9-15-12/h6-7,9-10H,3-5,8H2,1-2H3,(H,14,15). The average Bonchev–Trinajstić information content (AvgIpc) is 2.20. The van der Waals surface area contributed by atoms with Gasteiger partial charge in [0.15, 0.2) is 0 Å². The van der Waals surface area contributed by atoms with Crippen molar-refractivity contribution in [1.82, 2.24) is 4.98 Å². The van der Waals surface area contributed by atoms with Gasteiger partial charge in [0.05, 0.1) is 5.02 Å². The summed E-state index contributed by atoms with van der Waals surface area (Å²) in [4.78, 5) is 4.17. The third-order valence-corrected chi connectivity index (χ3v) is 2.47. The van der Waals surface area contributed by atoms with Crippen LogP contribution in [-0.2, 0) is 0 Å². The van der Waals surface area contributed by atoms with Crippen LogP contribution in [0.3, 0.4) is 0 Å². The van der Waals surface area contributed by atoms with Crippen LogP contribution in [0.25, 0.3) is 0 Å². The Kier molecular flexibility index (Phi) is 5.48. The second-order valence-electron chi connectivity index (χ2n) is 4.18. The molecule has 0 aliphatic rings. The first-order chi connectivity index (χ1) is 7.18. The van der Waals surface area contributed by atoms with Crippen LogP contribution in [0.5, 0.6) is 0 Å². The maximum Gasteiger partial charge on any atom is 0.125 e. The summed E-state index contributed by atoms with van der Waals surface area (Å²) >= 11 is 5.74. The lowest BCUT2D eigenvalue weighted by Crippen LogP contribution is -2.03. The molecule has 15 heavy (non-hydrogen) atoms. The Morgan fingerprint density at radius 3 is 2.73 bits per heavy atom. The highest BCUT2D eigenvalue weighted by atomic mass is 35.5. The summed E-state index contributed by atoms with van der Waals surface area (Å²) in [6.07, 6.45) is 5.44. The zero-order chi connectivity index (χ0) is 11.1. The molecule has 0 amide bonds. The Hall–Kier alpha value is -0.760. The van der Waals surface area contributed by atoms with Crippen molar-refractivity contribution >= 4 is 17.4 Å². The molecule has 84 valence electrons. The Morgan fingerprint density at radius 2 is 2.13 bits per heavy atom.